The highest BCUT2D eigenvalue weighted by molar-refractivity contribution is 5.96. The number of anilines is 2. The first-order valence-electron chi connectivity index (χ1n) is 8.94. The maximum atomic E-state index is 9.80. The molecule has 8 heteroatoms. The first-order chi connectivity index (χ1) is 12.5. The molecule has 1 saturated carbocycles. The van der Waals surface area contributed by atoms with Gasteiger partial charge >= 0.3 is 0 Å². The van der Waals surface area contributed by atoms with Gasteiger partial charge in [-0.15, -0.1) is 0 Å². The lowest BCUT2D eigenvalue weighted by Gasteiger charge is -2.17. The molecular weight excluding hydrogens is 330 g/mol. The highest BCUT2D eigenvalue weighted by Gasteiger charge is 2.24. The molecule has 8 nitrogen and oxygen atoms in total. The van der Waals surface area contributed by atoms with Gasteiger partial charge in [-0.1, -0.05) is 6.92 Å². The molecule has 136 valence electrons. The first-order valence-corrected chi connectivity index (χ1v) is 8.94. The summed E-state index contributed by atoms with van der Waals surface area (Å²) in [4.78, 5) is 13.9. The van der Waals surface area contributed by atoms with Crippen molar-refractivity contribution in [1.82, 2.24) is 24.7 Å². The largest absolute Gasteiger partial charge is 0.393 e. The van der Waals surface area contributed by atoms with Crippen molar-refractivity contribution >= 4 is 22.7 Å². The van der Waals surface area contributed by atoms with Gasteiger partial charge in [0.2, 0.25) is 0 Å². The molecule has 26 heavy (non-hydrogen) atoms. The second kappa shape index (κ2) is 6.53. The molecule has 4 rings (SSSR count). The molecule has 3 aromatic rings. The highest BCUT2D eigenvalue weighted by atomic mass is 16.3. The van der Waals surface area contributed by atoms with Crippen molar-refractivity contribution < 1.29 is 5.11 Å². The lowest BCUT2D eigenvalue weighted by atomic mass is 10.1. The number of hydrogen-bond donors (Lipinski definition) is 3. The van der Waals surface area contributed by atoms with E-state index in [1.165, 1.54) is 0 Å². The third-order valence-electron chi connectivity index (χ3n) is 4.90. The minimum atomic E-state index is -0.239. The number of pyridine rings is 1. The van der Waals surface area contributed by atoms with Gasteiger partial charge in [0.25, 0.3) is 0 Å². The molecule has 2 unspecified atom stereocenters. The fourth-order valence-corrected chi connectivity index (χ4v) is 3.51. The Kier molecular flexibility index (Phi) is 4.20. The van der Waals surface area contributed by atoms with Crippen molar-refractivity contribution in [2.24, 2.45) is 7.05 Å². The van der Waals surface area contributed by atoms with Crippen molar-refractivity contribution in [3.63, 3.8) is 0 Å². The molecule has 3 aromatic heterocycles. The van der Waals surface area contributed by atoms with E-state index in [4.69, 9.17) is 15.7 Å². The second-order valence-corrected chi connectivity index (χ2v) is 6.84. The molecule has 0 radical (unpaired) electrons. The molecule has 4 N–H and O–H groups in total. The van der Waals surface area contributed by atoms with Crippen LogP contribution in [-0.2, 0) is 13.5 Å². The zero-order chi connectivity index (χ0) is 18.3. The molecular formula is C18H23N7O. The van der Waals surface area contributed by atoms with E-state index in [0.29, 0.717) is 16.9 Å². The average Bonchev–Trinajstić information content (AvgIpc) is 3.23. The minimum absolute atomic E-state index is 0.211. The van der Waals surface area contributed by atoms with Crippen LogP contribution in [0.5, 0.6) is 0 Å². The number of aryl methyl sites for hydroxylation is 2. The van der Waals surface area contributed by atoms with Crippen LogP contribution < -0.4 is 11.1 Å². The van der Waals surface area contributed by atoms with Crippen molar-refractivity contribution in [3.05, 3.63) is 24.3 Å². The Balaban J connectivity index is 1.84. The molecule has 2 atom stereocenters. The van der Waals surface area contributed by atoms with Crippen molar-refractivity contribution in [1.29, 1.82) is 0 Å². The van der Waals surface area contributed by atoms with Crippen LogP contribution in [0.4, 0.5) is 11.6 Å². The molecule has 1 aliphatic carbocycles. The van der Waals surface area contributed by atoms with Crippen LogP contribution >= 0.6 is 0 Å². The van der Waals surface area contributed by atoms with Crippen LogP contribution in [-0.4, -0.2) is 42.0 Å². The lowest BCUT2D eigenvalue weighted by molar-refractivity contribution is 0.182. The maximum Gasteiger partial charge on any atom is 0.151 e. The molecule has 1 aliphatic rings. The number of hydrogen-bond acceptors (Lipinski definition) is 7. The van der Waals surface area contributed by atoms with Crippen LogP contribution in [0, 0.1) is 0 Å². The van der Waals surface area contributed by atoms with Crippen molar-refractivity contribution in [2.75, 3.05) is 11.1 Å². The van der Waals surface area contributed by atoms with E-state index in [9.17, 15) is 5.11 Å². The van der Waals surface area contributed by atoms with E-state index in [0.717, 1.165) is 48.3 Å². The number of nitrogens with two attached hydrogens (primary N) is 1. The third kappa shape index (κ3) is 2.96. The van der Waals surface area contributed by atoms with Gasteiger partial charge in [0.1, 0.15) is 16.9 Å². The predicted octanol–water partition coefficient (Wildman–Crippen LogP) is 1.90. The number of aliphatic hydroxyl groups excluding tert-OH is 1. The Morgan fingerprint density at radius 1 is 1.27 bits per heavy atom. The molecule has 0 amide bonds. The van der Waals surface area contributed by atoms with E-state index in [1.54, 1.807) is 17.1 Å². The highest BCUT2D eigenvalue weighted by Crippen LogP contribution is 2.31. The number of fused-ring (bicyclic) bond motifs is 1. The summed E-state index contributed by atoms with van der Waals surface area (Å²) in [6.07, 6.45) is 8.39. The van der Waals surface area contributed by atoms with Crippen LogP contribution in [0.3, 0.4) is 0 Å². The van der Waals surface area contributed by atoms with E-state index < -0.39 is 0 Å². The molecule has 0 bridgehead atoms. The summed E-state index contributed by atoms with van der Waals surface area (Å²) >= 11 is 0. The summed E-state index contributed by atoms with van der Waals surface area (Å²) in [5.74, 6) is 1.13. The van der Waals surface area contributed by atoms with Crippen LogP contribution in [0.2, 0.25) is 0 Å². The Morgan fingerprint density at radius 3 is 2.77 bits per heavy atom. The van der Waals surface area contributed by atoms with Crippen LogP contribution in [0.1, 0.15) is 31.9 Å². The predicted molar refractivity (Wildman–Crippen MR) is 101 cm³/mol. The topological polar surface area (TPSA) is 115 Å². The Bertz CT molecular complexity index is 952. The normalized spacial score (nSPS) is 20.0. The number of nitrogen functional groups attached to an aromatic ring is 1. The van der Waals surface area contributed by atoms with Gasteiger partial charge in [0.15, 0.2) is 5.82 Å². The summed E-state index contributed by atoms with van der Waals surface area (Å²) < 4.78 is 1.74. The maximum absolute atomic E-state index is 9.80. The Hall–Kier alpha value is -2.74. The van der Waals surface area contributed by atoms with Gasteiger partial charge in [-0.05, 0) is 25.7 Å². The van der Waals surface area contributed by atoms with Crippen molar-refractivity contribution in [2.45, 2.75) is 44.8 Å². The van der Waals surface area contributed by atoms with E-state index in [2.05, 4.69) is 15.4 Å². The number of aliphatic hydroxyl groups is 1. The quantitative estimate of drug-likeness (QED) is 0.656. The molecule has 3 heterocycles. The molecule has 0 aromatic carbocycles. The second-order valence-electron chi connectivity index (χ2n) is 6.84. The Labute approximate surface area is 151 Å². The number of rotatable bonds is 4. The zero-order valence-corrected chi connectivity index (χ0v) is 15.0. The summed E-state index contributed by atoms with van der Waals surface area (Å²) in [6.45, 7) is 2.04. The van der Waals surface area contributed by atoms with Gasteiger partial charge in [0, 0.05) is 36.6 Å². The van der Waals surface area contributed by atoms with Gasteiger partial charge < -0.3 is 16.2 Å². The molecule has 0 spiro atoms. The fourth-order valence-electron chi connectivity index (χ4n) is 3.51. The number of aromatic nitrogens is 5. The third-order valence-corrected chi connectivity index (χ3v) is 4.90. The monoisotopic (exact) mass is 353 g/mol. The van der Waals surface area contributed by atoms with Gasteiger partial charge in [0.05, 0.1) is 18.0 Å². The number of nitrogens with zero attached hydrogens (tertiary/aromatic N) is 5. The van der Waals surface area contributed by atoms with E-state index >= 15 is 0 Å². The van der Waals surface area contributed by atoms with Crippen LogP contribution in [0.25, 0.3) is 22.2 Å². The zero-order valence-electron chi connectivity index (χ0n) is 15.0. The van der Waals surface area contributed by atoms with Gasteiger partial charge in [-0.2, -0.15) is 5.10 Å². The number of nitrogens with one attached hydrogen (secondary N) is 1. The fraction of sp³-hybridized carbons (Fsp3) is 0.444. The average molecular weight is 353 g/mol. The molecule has 1 fully saturated rings. The standard InChI is InChI=1S/C18H23N7O/c1-3-14-18(22-11-4-5-12(26)6-11)24-15-13(10-7-21-25(2)9-10)8-20-17(19)16(15)23-14/h7-9,11-12,26H,3-6H2,1-2H3,(H2,19,20)(H,22,24). The molecule has 0 aliphatic heterocycles. The summed E-state index contributed by atoms with van der Waals surface area (Å²) in [6, 6.07) is 0.211. The van der Waals surface area contributed by atoms with E-state index in [1.807, 2.05) is 20.2 Å². The lowest BCUT2D eigenvalue weighted by Crippen LogP contribution is -2.19. The SMILES string of the molecule is CCc1nc2c(N)ncc(-c3cnn(C)c3)c2nc1NC1CCC(O)C1. The Morgan fingerprint density at radius 2 is 2.12 bits per heavy atom. The van der Waals surface area contributed by atoms with Crippen LogP contribution in [0.15, 0.2) is 18.6 Å². The van der Waals surface area contributed by atoms with Gasteiger partial charge in [-0.3, -0.25) is 4.68 Å². The summed E-state index contributed by atoms with van der Waals surface area (Å²) in [7, 11) is 1.87. The smallest absolute Gasteiger partial charge is 0.151 e. The van der Waals surface area contributed by atoms with Gasteiger partial charge in [-0.25, -0.2) is 15.0 Å². The van der Waals surface area contributed by atoms with Crippen molar-refractivity contribution in [3.8, 4) is 11.1 Å². The molecule has 0 saturated heterocycles. The van der Waals surface area contributed by atoms with E-state index in [-0.39, 0.29) is 12.1 Å². The first kappa shape index (κ1) is 16.7. The summed E-state index contributed by atoms with van der Waals surface area (Å²) in [5.41, 5.74) is 10.0. The summed E-state index contributed by atoms with van der Waals surface area (Å²) in [5, 5.41) is 17.5. The minimum Gasteiger partial charge on any atom is -0.393 e.